The van der Waals surface area contributed by atoms with Crippen molar-refractivity contribution in [2.24, 2.45) is 18.4 Å². The third-order valence-electron chi connectivity index (χ3n) is 8.98. The molecule has 1 saturated carbocycles. The van der Waals surface area contributed by atoms with Gasteiger partial charge in [-0.05, 0) is 57.2 Å². The number of hydrogen-bond acceptors (Lipinski definition) is 6. The predicted molar refractivity (Wildman–Crippen MR) is 143 cm³/mol. The molecule has 2 amide bonds. The fraction of sp³-hybridized carbons (Fsp3) is 0.607. The van der Waals surface area contributed by atoms with E-state index in [-0.39, 0.29) is 18.4 Å². The van der Waals surface area contributed by atoms with Gasteiger partial charge in [-0.15, -0.1) is 5.10 Å². The molecule has 3 heterocycles. The number of likely N-dealkylation sites (tertiary alicyclic amines) is 1. The van der Waals surface area contributed by atoms with Crippen molar-refractivity contribution in [1.82, 2.24) is 24.8 Å². The first-order chi connectivity index (χ1) is 18.6. The Labute approximate surface area is 233 Å². The molecule has 0 bridgehead atoms. The largest absolute Gasteiger partial charge is 0.487 e. The zero-order chi connectivity index (χ0) is 27.9. The molecule has 1 aromatic heterocycles. The van der Waals surface area contributed by atoms with Crippen LogP contribution in [0.1, 0.15) is 74.0 Å². The number of halogens is 1. The molecule has 2 aliphatic heterocycles. The number of aromatic nitrogens is 3. The van der Waals surface area contributed by atoms with E-state index in [4.69, 9.17) is 16.3 Å². The topological polar surface area (TPSA) is 118 Å². The van der Waals surface area contributed by atoms with E-state index >= 15 is 0 Å². The van der Waals surface area contributed by atoms with Crippen LogP contribution in [0.3, 0.4) is 0 Å². The maximum Gasteiger partial charge on any atom is 0.310 e. The summed E-state index contributed by atoms with van der Waals surface area (Å²) in [5.41, 5.74) is 2.15. The van der Waals surface area contributed by atoms with E-state index in [9.17, 15) is 19.5 Å². The SMILES string of the molecule is Cc1c(COc2ccc(Cl)c3c2[C@@H](CN2CCCC2=O)N(C(=O)C2CCCC[C@@]2(C)C(=O)O)CC3)nnn1C. The van der Waals surface area contributed by atoms with Crippen molar-refractivity contribution < 1.29 is 24.2 Å². The second kappa shape index (κ2) is 10.8. The second-order valence-electron chi connectivity index (χ2n) is 11.2. The van der Waals surface area contributed by atoms with Crippen LogP contribution < -0.4 is 4.74 Å². The molecule has 1 unspecified atom stereocenters. The summed E-state index contributed by atoms with van der Waals surface area (Å²) in [5.74, 6) is -1.10. The molecule has 1 saturated heterocycles. The second-order valence-corrected chi connectivity index (χ2v) is 11.6. The first-order valence-electron chi connectivity index (χ1n) is 13.7. The number of nitrogens with zero attached hydrogens (tertiary/aromatic N) is 5. The van der Waals surface area contributed by atoms with Crippen LogP contribution in [0, 0.1) is 18.3 Å². The van der Waals surface area contributed by atoms with Gasteiger partial charge >= 0.3 is 5.97 Å². The van der Waals surface area contributed by atoms with Crippen LogP contribution in [0.4, 0.5) is 0 Å². The summed E-state index contributed by atoms with van der Waals surface area (Å²) in [5, 5.41) is 19.0. The lowest BCUT2D eigenvalue weighted by Gasteiger charge is -2.45. The number of benzene rings is 1. The number of carboxylic acids is 1. The van der Waals surface area contributed by atoms with Crippen LogP contribution in [0.5, 0.6) is 5.75 Å². The van der Waals surface area contributed by atoms with Crippen LogP contribution in [-0.2, 0) is 34.5 Å². The molecule has 10 nitrogen and oxygen atoms in total. The van der Waals surface area contributed by atoms with Gasteiger partial charge in [-0.1, -0.05) is 29.7 Å². The average molecular weight is 558 g/mol. The highest BCUT2D eigenvalue weighted by Crippen LogP contribution is 2.46. The van der Waals surface area contributed by atoms with Crippen molar-refractivity contribution in [2.45, 2.75) is 71.4 Å². The number of carbonyl (C=O) groups excluding carboxylic acids is 2. The molecule has 5 rings (SSSR count). The number of carbonyl (C=O) groups is 3. The highest BCUT2D eigenvalue weighted by molar-refractivity contribution is 6.31. The summed E-state index contributed by atoms with van der Waals surface area (Å²) in [6.45, 7) is 5.14. The van der Waals surface area contributed by atoms with Gasteiger partial charge in [0.15, 0.2) is 0 Å². The van der Waals surface area contributed by atoms with Crippen LogP contribution in [-0.4, -0.2) is 67.3 Å². The quantitative estimate of drug-likeness (QED) is 0.551. The summed E-state index contributed by atoms with van der Waals surface area (Å²) in [4.78, 5) is 42.9. The van der Waals surface area contributed by atoms with Crippen molar-refractivity contribution >= 4 is 29.4 Å². The average Bonchev–Trinajstić information content (AvgIpc) is 3.47. The molecular weight excluding hydrogens is 522 g/mol. The summed E-state index contributed by atoms with van der Waals surface area (Å²) in [6.07, 6.45) is 4.38. The van der Waals surface area contributed by atoms with Gasteiger partial charge in [0.1, 0.15) is 18.1 Å². The van der Waals surface area contributed by atoms with E-state index in [0.717, 1.165) is 36.1 Å². The minimum atomic E-state index is -1.12. The molecule has 2 aromatic rings. The van der Waals surface area contributed by atoms with E-state index in [0.29, 0.717) is 61.8 Å². The van der Waals surface area contributed by atoms with Crippen LogP contribution in [0.2, 0.25) is 5.02 Å². The Morgan fingerprint density at radius 1 is 1.21 bits per heavy atom. The van der Waals surface area contributed by atoms with Crippen molar-refractivity contribution in [1.29, 1.82) is 0 Å². The maximum atomic E-state index is 14.2. The van der Waals surface area contributed by atoms with Crippen LogP contribution >= 0.6 is 11.6 Å². The molecule has 0 spiro atoms. The Morgan fingerprint density at radius 3 is 2.67 bits per heavy atom. The minimum absolute atomic E-state index is 0.0576. The highest BCUT2D eigenvalue weighted by atomic mass is 35.5. The van der Waals surface area contributed by atoms with E-state index < -0.39 is 23.3 Å². The Bertz CT molecular complexity index is 1300. The third-order valence-corrected chi connectivity index (χ3v) is 9.34. The number of hydrogen-bond donors (Lipinski definition) is 1. The Balaban J connectivity index is 1.53. The molecule has 11 heteroatoms. The highest BCUT2D eigenvalue weighted by Gasteiger charge is 2.50. The predicted octanol–water partition coefficient (Wildman–Crippen LogP) is 3.69. The van der Waals surface area contributed by atoms with Gasteiger partial charge in [-0.25, -0.2) is 0 Å². The number of carboxylic acid groups (broad SMARTS) is 1. The molecule has 1 aliphatic carbocycles. The standard InChI is InChI=1S/C28H36ClN5O5/c1-17-21(30-31-32(17)3)16-39-23-10-9-20(29)18-11-14-34(22(25(18)23)15-33-13-6-8-24(33)35)26(36)19-7-4-5-12-28(19,2)27(37)38/h9-10,19,22H,4-8,11-16H2,1-3H3,(H,37,38)/t19?,22-,28-/m1/s1. The fourth-order valence-corrected chi connectivity index (χ4v) is 6.64. The minimum Gasteiger partial charge on any atom is -0.487 e. The number of aliphatic carboxylic acids is 1. The number of fused-ring (bicyclic) bond motifs is 1. The Hall–Kier alpha value is -3.14. The van der Waals surface area contributed by atoms with E-state index in [1.807, 2.05) is 20.0 Å². The molecule has 0 radical (unpaired) electrons. The number of aryl methyl sites for hydroxylation is 1. The van der Waals surface area contributed by atoms with Gasteiger partial charge in [0.25, 0.3) is 0 Å². The van der Waals surface area contributed by atoms with Gasteiger partial charge in [0.05, 0.1) is 23.1 Å². The normalized spacial score (nSPS) is 25.1. The molecule has 3 atom stereocenters. The van der Waals surface area contributed by atoms with Crippen LogP contribution in [0.25, 0.3) is 0 Å². The summed E-state index contributed by atoms with van der Waals surface area (Å²) in [7, 11) is 1.82. The van der Waals surface area contributed by atoms with E-state index in [1.165, 1.54) is 0 Å². The van der Waals surface area contributed by atoms with Crippen molar-refractivity contribution in [3.8, 4) is 5.75 Å². The smallest absolute Gasteiger partial charge is 0.310 e. The summed E-state index contributed by atoms with van der Waals surface area (Å²) >= 11 is 6.69. The van der Waals surface area contributed by atoms with E-state index in [2.05, 4.69) is 10.3 Å². The number of ether oxygens (including phenoxy) is 1. The summed E-state index contributed by atoms with van der Waals surface area (Å²) in [6, 6.07) is 3.11. The van der Waals surface area contributed by atoms with Gasteiger partial charge < -0.3 is 19.6 Å². The maximum absolute atomic E-state index is 14.2. The van der Waals surface area contributed by atoms with Crippen molar-refractivity contribution in [3.63, 3.8) is 0 Å². The van der Waals surface area contributed by atoms with E-state index in [1.54, 1.807) is 27.5 Å². The molecule has 2 fully saturated rings. The molecule has 1 aromatic carbocycles. The fourth-order valence-electron chi connectivity index (χ4n) is 6.38. The lowest BCUT2D eigenvalue weighted by Crippen LogP contribution is -2.52. The number of amides is 2. The Morgan fingerprint density at radius 2 is 2.00 bits per heavy atom. The van der Waals surface area contributed by atoms with Gasteiger partial charge in [-0.3, -0.25) is 19.1 Å². The van der Waals surface area contributed by atoms with Gasteiger partial charge in [-0.2, -0.15) is 0 Å². The zero-order valence-electron chi connectivity index (χ0n) is 22.8. The monoisotopic (exact) mass is 557 g/mol. The van der Waals surface area contributed by atoms with Crippen LogP contribution in [0.15, 0.2) is 12.1 Å². The molecule has 39 heavy (non-hydrogen) atoms. The first kappa shape index (κ1) is 27.4. The zero-order valence-corrected chi connectivity index (χ0v) is 23.5. The van der Waals surface area contributed by atoms with Crippen molar-refractivity contribution in [2.75, 3.05) is 19.6 Å². The molecule has 1 N–H and O–H groups in total. The van der Waals surface area contributed by atoms with Crippen molar-refractivity contribution in [3.05, 3.63) is 39.7 Å². The molecule has 3 aliphatic rings. The summed E-state index contributed by atoms with van der Waals surface area (Å²) < 4.78 is 7.99. The van der Waals surface area contributed by atoms with Gasteiger partial charge in [0.2, 0.25) is 11.8 Å². The Kier molecular flexibility index (Phi) is 7.59. The third kappa shape index (κ3) is 4.99. The molecule has 210 valence electrons. The number of rotatable bonds is 7. The molecular formula is C28H36ClN5O5. The lowest BCUT2D eigenvalue weighted by molar-refractivity contribution is -0.162. The first-order valence-corrected chi connectivity index (χ1v) is 14.1. The van der Waals surface area contributed by atoms with Gasteiger partial charge in [0, 0.05) is 43.7 Å². The lowest BCUT2D eigenvalue weighted by atomic mass is 9.66.